The van der Waals surface area contributed by atoms with Gasteiger partial charge in [0.05, 0.1) is 18.7 Å². The molecule has 0 bridgehead atoms. The molecule has 1 aromatic heterocycles. The molecular weight excluding hydrogens is 430 g/mol. The summed E-state index contributed by atoms with van der Waals surface area (Å²) in [5, 5.41) is 20.2. The second-order valence-corrected chi connectivity index (χ2v) is 9.50. The summed E-state index contributed by atoms with van der Waals surface area (Å²) >= 11 is 1.63. The van der Waals surface area contributed by atoms with Gasteiger partial charge in [-0.05, 0) is 29.9 Å². The van der Waals surface area contributed by atoms with Crippen molar-refractivity contribution in [2.45, 2.75) is 19.4 Å². The quantitative estimate of drug-likeness (QED) is 0.630. The molecule has 9 nitrogen and oxygen atoms in total. The Bertz CT molecular complexity index is 896. The highest BCUT2D eigenvalue weighted by Crippen LogP contribution is 2.43. The van der Waals surface area contributed by atoms with Crippen LogP contribution in [-0.2, 0) is 16.1 Å². The molecular formula is C22H29N5O4S. The van der Waals surface area contributed by atoms with Crippen LogP contribution < -0.4 is 0 Å². The van der Waals surface area contributed by atoms with E-state index < -0.39 is 0 Å². The number of aliphatic hydroxyl groups excluding tert-OH is 1. The van der Waals surface area contributed by atoms with Crippen molar-refractivity contribution in [3.05, 3.63) is 41.2 Å². The van der Waals surface area contributed by atoms with Crippen molar-refractivity contribution < 1.29 is 19.8 Å². The van der Waals surface area contributed by atoms with Gasteiger partial charge in [-0.2, -0.15) is 0 Å². The Balaban J connectivity index is 0.000000775. The lowest BCUT2D eigenvalue weighted by molar-refractivity contribution is -0.130. The van der Waals surface area contributed by atoms with Gasteiger partial charge in [-0.3, -0.25) is 24.5 Å². The van der Waals surface area contributed by atoms with Gasteiger partial charge in [0.1, 0.15) is 0 Å². The minimum absolute atomic E-state index is 0.127. The van der Waals surface area contributed by atoms with E-state index in [1.54, 1.807) is 11.8 Å². The maximum atomic E-state index is 13.0. The third-order valence-electron chi connectivity index (χ3n) is 6.61. The number of carboxylic acid groups (broad SMARTS) is 1. The highest BCUT2D eigenvalue weighted by atomic mass is 32.2. The smallest absolute Gasteiger partial charge is 0.290 e. The van der Waals surface area contributed by atoms with Crippen LogP contribution >= 0.6 is 11.8 Å². The first-order chi connectivity index (χ1) is 15.6. The summed E-state index contributed by atoms with van der Waals surface area (Å²) in [7, 11) is 0. The number of pyridine rings is 1. The van der Waals surface area contributed by atoms with E-state index in [9.17, 15) is 9.90 Å². The van der Waals surface area contributed by atoms with Crippen molar-refractivity contribution in [1.29, 1.82) is 0 Å². The van der Waals surface area contributed by atoms with E-state index in [1.807, 2.05) is 29.3 Å². The topological polar surface area (TPSA) is 110 Å². The van der Waals surface area contributed by atoms with Gasteiger partial charge in [-0.1, -0.05) is 17.8 Å². The Morgan fingerprint density at radius 1 is 1.31 bits per heavy atom. The first kappa shape index (κ1) is 22.8. The Hall–Kier alpha value is -2.43. The molecule has 1 aromatic rings. The Kier molecular flexibility index (Phi) is 7.12. The largest absolute Gasteiger partial charge is 0.483 e. The Morgan fingerprint density at radius 2 is 2.16 bits per heavy atom. The number of fused-ring (bicyclic) bond motifs is 2. The highest BCUT2D eigenvalue weighted by molar-refractivity contribution is 8.16. The number of thioether (sulfide) groups is 1. The molecule has 4 aliphatic rings. The Morgan fingerprint density at radius 3 is 2.88 bits per heavy atom. The van der Waals surface area contributed by atoms with Crippen molar-refractivity contribution in [2.24, 2.45) is 16.3 Å². The highest BCUT2D eigenvalue weighted by Gasteiger charge is 2.53. The van der Waals surface area contributed by atoms with Crippen molar-refractivity contribution >= 4 is 29.3 Å². The zero-order valence-electron chi connectivity index (χ0n) is 18.0. The number of aromatic nitrogens is 1. The molecule has 2 N–H and O–H groups in total. The molecule has 4 aliphatic heterocycles. The van der Waals surface area contributed by atoms with Crippen LogP contribution in [0.2, 0.25) is 0 Å². The van der Waals surface area contributed by atoms with Crippen molar-refractivity contribution in [3.63, 3.8) is 0 Å². The van der Waals surface area contributed by atoms with E-state index >= 15 is 0 Å². The number of amidine groups is 1. The fourth-order valence-electron chi connectivity index (χ4n) is 5.09. The van der Waals surface area contributed by atoms with Crippen LogP contribution in [0.25, 0.3) is 0 Å². The van der Waals surface area contributed by atoms with E-state index in [4.69, 9.17) is 9.90 Å². The molecule has 2 saturated heterocycles. The summed E-state index contributed by atoms with van der Waals surface area (Å²) in [6.07, 6.45) is 3.29. The van der Waals surface area contributed by atoms with Crippen LogP contribution in [0.3, 0.4) is 0 Å². The number of aliphatic imine (C=N–C) groups is 1. The van der Waals surface area contributed by atoms with E-state index in [0.717, 1.165) is 62.2 Å². The van der Waals surface area contributed by atoms with Gasteiger partial charge in [-0.25, -0.2) is 0 Å². The molecule has 172 valence electrons. The number of nitrogens with zero attached hydrogens (tertiary/aromatic N) is 5. The average molecular weight is 460 g/mol. The van der Waals surface area contributed by atoms with Crippen molar-refractivity contribution in [1.82, 2.24) is 19.7 Å². The molecule has 1 amide bonds. The molecule has 5 rings (SSSR count). The summed E-state index contributed by atoms with van der Waals surface area (Å²) < 4.78 is 0. The fourth-order valence-corrected chi connectivity index (χ4v) is 6.04. The maximum Gasteiger partial charge on any atom is 0.290 e. The third kappa shape index (κ3) is 4.67. The molecule has 2 unspecified atom stereocenters. The van der Waals surface area contributed by atoms with Gasteiger partial charge in [0.25, 0.3) is 6.47 Å². The normalized spacial score (nSPS) is 26.6. The minimum atomic E-state index is -0.250. The summed E-state index contributed by atoms with van der Waals surface area (Å²) in [6.45, 7) is 5.62. The van der Waals surface area contributed by atoms with Crippen LogP contribution in [-0.4, -0.2) is 93.3 Å². The maximum absolute atomic E-state index is 13.0. The number of hydrogen-bond donors (Lipinski definition) is 2. The molecule has 32 heavy (non-hydrogen) atoms. The van der Waals surface area contributed by atoms with E-state index in [-0.39, 0.29) is 24.4 Å². The Labute approximate surface area is 191 Å². The number of amides is 1. The number of aliphatic hydroxyl groups is 1. The monoisotopic (exact) mass is 459 g/mol. The second kappa shape index (κ2) is 10.0. The van der Waals surface area contributed by atoms with Crippen LogP contribution in [0, 0.1) is 11.3 Å². The van der Waals surface area contributed by atoms with Crippen LogP contribution in [0.5, 0.6) is 0 Å². The molecule has 5 heterocycles. The van der Waals surface area contributed by atoms with Gasteiger partial charge >= 0.3 is 0 Å². The van der Waals surface area contributed by atoms with E-state index in [2.05, 4.69) is 25.2 Å². The molecule has 0 spiro atoms. The lowest BCUT2D eigenvalue weighted by Gasteiger charge is -2.28. The summed E-state index contributed by atoms with van der Waals surface area (Å²) in [5.41, 5.74) is 1.92. The van der Waals surface area contributed by atoms with Gasteiger partial charge in [0, 0.05) is 63.1 Å². The lowest BCUT2D eigenvalue weighted by atomic mass is 9.82. The van der Waals surface area contributed by atoms with E-state index in [1.165, 1.54) is 0 Å². The van der Waals surface area contributed by atoms with Gasteiger partial charge in [0.15, 0.2) is 5.17 Å². The molecule has 10 heteroatoms. The number of likely N-dealkylation sites (tertiary alicyclic amines) is 2. The molecule has 0 aromatic carbocycles. The van der Waals surface area contributed by atoms with E-state index in [0.29, 0.717) is 18.9 Å². The van der Waals surface area contributed by atoms with Crippen molar-refractivity contribution in [3.8, 4) is 0 Å². The second-order valence-electron chi connectivity index (χ2n) is 8.66. The minimum Gasteiger partial charge on any atom is -0.483 e. The van der Waals surface area contributed by atoms with Gasteiger partial charge in [-0.15, -0.1) is 0 Å². The number of carbonyl (C=O) groups is 2. The predicted octanol–water partition coefficient (Wildman–Crippen LogP) is 1.08. The van der Waals surface area contributed by atoms with Gasteiger partial charge in [0.2, 0.25) is 5.91 Å². The number of hydrogen-bond acceptors (Lipinski definition) is 8. The van der Waals surface area contributed by atoms with Crippen LogP contribution in [0.1, 0.15) is 18.5 Å². The molecule has 0 radical (unpaired) electrons. The van der Waals surface area contributed by atoms with Crippen LogP contribution in [0.4, 0.5) is 0 Å². The van der Waals surface area contributed by atoms with Crippen molar-refractivity contribution in [2.75, 3.05) is 45.9 Å². The summed E-state index contributed by atoms with van der Waals surface area (Å²) in [6, 6.07) is 5.98. The molecule has 2 fully saturated rings. The molecule has 0 aliphatic carbocycles. The molecule has 2 atom stereocenters. The SMILES string of the molecule is O=C(CC1=CSC2=NCCCN12)N1CC2CN(Cc3ccccn3)CC2(CO)C1.O=CO. The first-order valence-corrected chi connectivity index (χ1v) is 11.7. The predicted molar refractivity (Wildman–Crippen MR) is 122 cm³/mol. The lowest BCUT2D eigenvalue weighted by Crippen LogP contribution is -2.39. The zero-order valence-corrected chi connectivity index (χ0v) is 18.8. The van der Waals surface area contributed by atoms with Gasteiger partial charge < -0.3 is 20.0 Å². The average Bonchev–Trinajstić information content (AvgIpc) is 3.46. The number of carbonyl (C=O) groups excluding carboxylic acids is 1. The fraction of sp³-hybridized carbons (Fsp3) is 0.545. The molecule has 0 saturated carbocycles. The number of rotatable bonds is 5. The zero-order chi connectivity index (χ0) is 22.6. The summed E-state index contributed by atoms with van der Waals surface area (Å²) in [4.78, 5) is 36.9. The summed E-state index contributed by atoms with van der Waals surface area (Å²) in [5.74, 6) is 0.487. The standard InChI is InChI=1S/C21H27N5O2S.CH2O2/c27-15-21-13-24(11-17-4-1-2-5-22-17)9-16(21)10-25(14-21)19(28)8-18-12-29-20-23-6-3-7-26(18)20;2-1-3/h1-2,4-5,12,16,27H,3,6-11,13-15H2;1H,(H,2,3). The first-order valence-electron chi connectivity index (χ1n) is 10.8. The van der Waals surface area contributed by atoms with Crippen LogP contribution in [0.15, 0.2) is 40.5 Å². The third-order valence-corrected chi connectivity index (χ3v) is 7.56.